The highest BCUT2D eigenvalue weighted by Gasteiger charge is 2.05. The van der Waals surface area contributed by atoms with Gasteiger partial charge in [0.2, 0.25) is 5.76 Å². The Labute approximate surface area is 119 Å². The molecule has 1 unspecified atom stereocenters. The fourth-order valence-electron chi connectivity index (χ4n) is 1.72. The summed E-state index contributed by atoms with van der Waals surface area (Å²) in [5.41, 5.74) is 1.22. The Bertz CT molecular complexity index is 581. The van der Waals surface area contributed by atoms with Crippen LogP contribution in [0.5, 0.6) is 5.75 Å². The van der Waals surface area contributed by atoms with Crippen LogP contribution in [0.2, 0.25) is 0 Å². The average Bonchev–Trinajstić information content (AvgIpc) is 2.92. The number of aryl methyl sites for hydroxylation is 1. The lowest BCUT2D eigenvalue weighted by molar-refractivity contribution is 0.269. The largest absolute Gasteiger partial charge is 0.492 e. The molecule has 0 amide bonds. The number of nitrogens with zero attached hydrogens (tertiary/aromatic N) is 1. The second kappa shape index (κ2) is 6.78. The van der Waals surface area contributed by atoms with Gasteiger partial charge in [-0.3, -0.25) is 0 Å². The molecule has 0 radical (unpaired) electrons. The van der Waals surface area contributed by atoms with E-state index < -0.39 is 0 Å². The van der Waals surface area contributed by atoms with Crippen molar-refractivity contribution in [1.82, 2.24) is 5.32 Å². The first-order chi connectivity index (χ1) is 9.67. The molecule has 0 aliphatic carbocycles. The van der Waals surface area contributed by atoms with Gasteiger partial charge in [-0.25, -0.2) is 0 Å². The van der Waals surface area contributed by atoms with Crippen LogP contribution in [0.1, 0.15) is 24.0 Å². The Morgan fingerprint density at radius 3 is 2.65 bits per heavy atom. The zero-order valence-corrected chi connectivity index (χ0v) is 11.7. The SMILES string of the molecule is Cc1ccc(OCC(C)NCc2ccc(C#N)o2)cc1. The van der Waals surface area contributed by atoms with Crippen molar-refractivity contribution < 1.29 is 9.15 Å². The monoisotopic (exact) mass is 270 g/mol. The highest BCUT2D eigenvalue weighted by Crippen LogP contribution is 2.11. The first-order valence-electron chi connectivity index (χ1n) is 6.59. The van der Waals surface area contributed by atoms with Crippen LogP contribution in [0.3, 0.4) is 0 Å². The van der Waals surface area contributed by atoms with Gasteiger partial charge in [0.15, 0.2) is 0 Å². The first kappa shape index (κ1) is 14.2. The highest BCUT2D eigenvalue weighted by atomic mass is 16.5. The quantitative estimate of drug-likeness (QED) is 0.876. The zero-order valence-electron chi connectivity index (χ0n) is 11.7. The molecule has 1 atom stereocenters. The van der Waals surface area contributed by atoms with Crippen molar-refractivity contribution >= 4 is 0 Å². The third-order valence-electron chi connectivity index (χ3n) is 2.92. The molecule has 4 nitrogen and oxygen atoms in total. The number of nitriles is 1. The van der Waals surface area contributed by atoms with Crippen LogP contribution in [-0.4, -0.2) is 12.6 Å². The van der Waals surface area contributed by atoms with Crippen LogP contribution in [-0.2, 0) is 6.54 Å². The molecule has 0 aliphatic heterocycles. The van der Waals surface area contributed by atoms with Crippen molar-refractivity contribution in [2.75, 3.05) is 6.61 Å². The van der Waals surface area contributed by atoms with E-state index in [0.29, 0.717) is 18.9 Å². The highest BCUT2D eigenvalue weighted by molar-refractivity contribution is 5.26. The number of benzene rings is 1. The molecular weight excluding hydrogens is 252 g/mol. The molecule has 4 heteroatoms. The van der Waals surface area contributed by atoms with Crippen LogP contribution in [0.15, 0.2) is 40.8 Å². The minimum atomic E-state index is 0.187. The molecule has 20 heavy (non-hydrogen) atoms. The smallest absolute Gasteiger partial charge is 0.203 e. The molecule has 0 fully saturated rings. The molecule has 2 aromatic rings. The molecular formula is C16H18N2O2. The van der Waals surface area contributed by atoms with Gasteiger partial charge in [-0.15, -0.1) is 0 Å². The van der Waals surface area contributed by atoms with Crippen molar-refractivity contribution in [2.24, 2.45) is 0 Å². The molecule has 1 heterocycles. The lowest BCUT2D eigenvalue weighted by Gasteiger charge is -2.14. The van der Waals surface area contributed by atoms with Crippen molar-refractivity contribution in [1.29, 1.82) is 5.26 Å². The van der Waals surface area contributed by atoms with Crippen LogP contribution in [0.4, 0.5) is 0 Å². The van der Waals surface area contributed by atoms with Crippen molar-refractivity contribution in [3.05, 3.63) is 53.5 Å². The maximum absolute atomic E-state index is 8.67. The number of hydrogen-bond donors (Lipinski definition) is 1. The molecule has 1 aromatic carbocycles. The number of ether oxygens (including phenoxy) is 1. The summed E-state index contributed by atoms with van der Waals surface area (Å²) >= 11 is 0. The Morgan fingerprint density at radius 2 is 2.00 bits per heavy atom. The predicted octanol–water partition coefficient (Wildman–Crippen LogP) is 3.02. The lowest BCUT2D eigenvalue weighted by Crippen LogP contribution is -2.31. The maximum atomic E-state index is 8.67. The summed E-state index contributed by atoms with van der Waals surface area (Å²) in [7, 11) is 0. The Kier molecular flexibility index (Phi) is 4.80. The minimum absolute atomic E-state index is 0.187. The van der Waals surface area contributed by atoms with E-state index in [2.05, 4.69) is 5.32 Å². The van der Waals surface area contributed by atoms with Gasteiger partial charge in [0.1, 0.15) is 24.2 Å². The molecule has 0 aliphatic rings. The van der Waals surface area contributed by atoms with E-state index in [9.17, 15) is 0 Å². The second-order valence-corrected chi connectivity index (χ2v) is 4.78. The van der Waals surface area contributed by atoms with Gasteiger partial charge in [-0.1, -0.05) is 17.7 Å². The second-order valence-electron chi connectivity index (χ2n) is 4.78. The lowest BCUT2D eigenvalue weighted by atomic mass is 10.2. The molecule has 104 valence electrons. The topological polar surface area (TPSA) is 58.2 Å². The fourth-order valence-corrected chi connectivity index (χ4v) is 1.72. The summed E-state index contributed by atoms with van der Waals surface area (Å²) < 4.78 is 11.0. The zero-order chi connectivity index (χ0) is 14.4. The summed E-state index contributed by atoms with van der Waals surface area (Å²) in [6, 6.07) is 13.6. The first-order valence-corrected chi connectivity index (χ1v) is 6.59. The number of furan rings is 1. The molecule has 2 rings (SSSR count). The summed E-state index contributed by atoms with van der Waals surface area (Å²) in [5.74, 6) is 1.96. The average molecular weight is 270 g/mol. The third-order valence-corrected chi connectivity index (χ3v) is 2.92. The van der Waals surface area contributed by atoms with E-state index in [1.54, 1.807) is 12.1 Å². The Balaban J connectivity index is 1.74. The van der Waals surface area contributed by atoms with Gasteiger partial charge < -0.3 is 14.5 Å². The fraction of sp³-hybridized carbons (Fsp3) is 0.312. The Morgan fingerprint density at radius 1 is 1.25 bits per heavy atom. The normalized spacial score (nSPS) is 11.8. The van der Waals surface area contributed by atoms with E-state index in [1.807, 2.05) is 44.2 Å². The van der Waals surface area contributed by atoms with Gasteiger partial charge in [-0.05, 0) is 38.1 Å². The van der Waals surface area contributed by atoms with E-state index in [1.165, 1.54) is 5.56 Å². The number of rotatable bonds is 6. The predicted molar refractivity (Wildman–Crippen MR) is 76.4 cm³/mol. The number of hydrogen-bond acceptors (Lipinski definition) is 4. The third kappa shape index (κ3) is 4.15. The van der Waals surface area contributed by atoms with Crippen LogP contribution < -0.4 is 10.1 Å². The Hall–Kier alpha value is -2.25. The summed E-state index contributed by atoms with van der Waals surface area (Å²) in [6.07, 6.45) is 0. The maximum Gasteiger partial charge on any atom is 0.203 e. The molecule has 0 spiro atoms. The number of nitrogens with one attached hydrogen (secondary N) is 1. The van der Waals surface area contributed by atoms with Gasteiger partial charge >= 0.3 is 0 Å². The van der Waals surface area contributed by atoms with Gasteiger partial charge in [0.05, 0.1) is 6.54 Å². The minimum Gasteiger partial charge on any atom is -0.492 e. The van der Waals surface area contributed by atoms with Crippen LogP contribution >= 0.6 is 0 Å². The molecule has 0 saturated carbocycles. The van der Waals surface area contributed by atoms with E-state index in [-0.39, 0.29) is 6.04 Å². The summed E-state index contributed by atoms with van der Waals surface area (Å²) in [6.45, 7) is 5.25. The molecule has 1 N–H and O–H groups in total. The summed E-state index contributed by atoms with van der Waals surface area (Å²) in [4.78, 5) is 0. The summed E-state index contributed by atoms with van der Waals surface area (Å²) in [5, 5.41) is 12.0. The standard InChI is InChI=1S/C16H18N2O2/c1-12-3-5-14(6-4-12)19-11-13(2)18-10-16-8-7-15(9-17)20-16/h3-8,13,18H,10-11H2,1-2H3. The van der Waals surface area contributed by atoms with E-state index >= 15 is 0 Å². The van der Waals surface area contributed by atoms with Gasteiger partial charge in [0.25, 0.3) is 0 Å². The van der Waals surface area contributed by atoms with Crippen molar-refractivity contribution in [3.63, 3.8) is 0 Å². The van der Waals surface area contributed by atoms with E-state index in [0.717, 1.165) is 11.5 Å². The van der Waals surface area contributed by atoms with Crippen molar-refractivity contribution in [3.8, 4) is 11.8 Å². The van der Waals surface area contributed by atoms with Crippen LogP contribution in [0, 0.1) is 18.3 Å². The molecule has 0 bridgehead atoms. The van der Waals surface area contributed by atoms with Gasteiger partial charge in [-0.2, -0.15) is 5.26 Å². The molecule has 0 saturated heterocycles. The van der Waals surface area contributed by atoms with Crippen LogP contribution in [0.25, 0.3) is 0 Å². The van der Waals surface area contributed by atoms with Crippen molar-refractivity contribution in [2.45, 2.75) is 26.4 Å². The molecule has 1 aromatic heterocycles. The van der Waals surface area contributed by atoms with Gasteiger partial charge in [0, 0.05) is 6.04 Å². The van der Waals surface area contributed by atoms with E-state index in [4.69, 9.17) is 14.4 Å².